The van der Waals surface area contributed by atoms with E-state index >= 15 is 0 Å². The molecule has 0 fully saturated rings. The van der Waals surface area contributed by atoms with Gasteiger partial charge in [0.05, 0.1) is 7.11 Å². The van der Waals surface area contributed by atoms with Gasteiger partial charge in [0.25, 0.3) is 0 Å². The maximum atomic E-state index is 5.35. The molecule has 3 aromatic rings. The summed E-state index contributed by atoms with van der Waals surface area (Å²) in [5.41, 5.74) is 3.14. The van der Waals surface area contributed by atoms with Gasteiger partial charge < -0.3 is 9.30 Å². The summed E-state index contributed by atoms with van der Waals surface area (Å²) in [6.07, 6.45) is 3.84. The van der Waals surface area contributed by atoms with Gasteiger partial charge in [0, 0.05) is 30.5 Å². The summed E-state index contributed by atoms with van der Waals surface area (Å²) in [5, 5.41) is 1.23. The largest absolute Gasteiger partial charge is 0.494 e. The van der Waals surface area contributed by atoms with E-state index in [9.17, 15) is 0 Å². The maximum Gasteiger partial charge on any atom is 0.145 e. The summed E-state index contributed by atoms with van der Waals surface area (Å²) >= 11 is 0. The first-order valence-corrected chi connectivity index (χ1v) is 5.84. The summed E-state index contributed by atoms with van der Waals surface area (Å²) in [5.74, 6) is 0.797. The monoisotopic (exact) mass is 238 g/mol. The van der Waals surface area contributed by atoms with Crippen LogP contribution in [0.5, 0.6) is 5.75 Å². The van der Waals surface area contributed by atoms with Gasteiger partial charge in [0.2, 0.25) is 0 Å². The fraction of sp³-hybridized carbons (Fsp3) is 0.133. The van der Waals surface area contributed by atoms with Crippen molar-refractivity contribution in [3.05, 3.63) is 48.8 Å². The van der Waals surface area contributed by atoms with E-state index < -0.39 is 0 Å². The molecule has 3 rings (SSSR count). The second-order valence-corrected chi connectivity index (χ2v) is 4.25. The van der Waals surface area contributed by atoms with Crippen molar-refractivity contribution in [3.63, 3.8) is 0 Å². The van der Waals surface area contributed by atoms with Crippen molar-refractivity contribution in [2.75, 3.05) is 7.11 Å². The Kier molecular flexibility index (Phi) is 2.52. The van der Waals surface area contributed by atoms with E-state index in [-0.39, 0.29) is 0 Å². The van der Waals surface area contributed by atoms with Crippen molar-refractivity contribution < 1.29 is 4.74 Å². The molecule has 2 heterocycles. The van der Waals surface area contributed by atoms with Crippen LogP contribution in [0.3, 0.4) is 0 Å². The summed E-state index contributed by atoms with van der Waals surface area (Å²) in [6.45, 7) is 0. The highest BCUT2D eigenvalue weighted by Gasteiger charge is 2.08. The van der Waals surface area contributed by atoms with Crippen LogP contribution in [0.4, 0.5) is 0 Å². The lowest BCUT2D eigenvalue weighted by atomic mass is 10.1. The van der Waals surface area contributed by atoms with Gasteiger partial charge in [-0.3, -0.25) is 4.98 Å². The van der Waals surface area contributed by atoms with Crippen molar-refractivity contribution in [3.8, 4) is 17.0 Å². The van der Waals surface area contributed by atoms with Crippen molar-refractivity contribution in [1.82, 2.24) is 9.55 Å². The van der Waals surface area contributed by atoms with Crippen molar-refractivity contribution in [2.45, 2.75) is 0 Å². The third-order valence-electron chi connectivity index (χ3n) is 3.15. The number of aryl methyl sites for hydroxylation is 1. The Hall–Kier alpha value is -2.29. The van der Waals surface area contributed by atoms with Crippen LogP contribution in [0.25, 0.3) is 22.2 Å². The molecule has 18 heavy (non-hydrogen) atoms. The Morgan fingerprint density at radius 3 is 2.89 bits per heavy atom. The minimum absolute atomic E-state index is 0.797. The molecule has 0 spiro atoms. The topological polar surface area (TPSA) is 27.1 Å². The highest BCUT2D eigenvalue weighted by Crippen LogP contribution is 2.29. The first-order chi connectivity index (χ1) is 8.79. The van der Waals surface area contributed by atoms with Gasteiger partial charge in [-0.15, -0.1) is 0 Å². The molecule has 0 radical (unpaired) electrons. The van der Waals surface area contributed by atoms with E-state index in [1.165, 1.54) is 10.9 Å². The molecular weight excluding hydrogens is 224 g/mol. The van der Waals surface area contributed by atoms with Crippen LogP contribution in [-0.2, 0) is 7.05 Å². The van der Waals surface area contributed by atoms with E-state index in [0.717, 1.165) is 17.0 Å². The second-order valence-electron chi connectivity index (χ2n) is 4.25. The number of ether oxygens (including phenoxy) is 1. The smallest absolute Gasteiger partial charge is 0.145 e. The Balaban J connectivity index is 2.21. The molecule has 0 unspecified atom stereocenters. The van der Waals surface area contributed by atoms with Crippen molar-refractivity contribution >= 4 is 10.9 Å². The van der Waals surface area contributed by atoms with Crippen molar-refractivity contribution in [2.24, 2.45) is 7.05 Å². The number of methoxy groups -OCH3 is 1. The first-order valence-electron chi connectivity index (χ1n) is 5.84. The zero-order valence-electron chi connectivity index (χ0n) is 10.4. The van der Waals surface area contributed by atoms with Crippen LogP contribution in [-0.4, -0.2) is 16.7 Å². The van der Waals surface area contributed by atoms with Crippen LogP contribution < -0.4 is 4.74 Å². The summed E-state index contributed by atoms with van der Waals surface area (Å²) in [7, 11) is 3.71. The molecule has 0 aliphatic heterocycles. The molecule has 0 bridgehead atoms. The molecule has 0 saturated carbocycles. The van der Waals surface area contributed by atoms with Gasteiger partial charge in [-0.1, -0.05) is 12.1 Å². The Bertz CT molecular complexity index is 701. The third kappa shape index (κ3) is 1.64. The quantitative estimate of drug-likeness (QED) is 0.685. The molecule has 0 N–H and O–H groups in total. The van der Waals surface area contributed by atoms with E-state index in [1.807, 2.05) is 19.2 Å². The average molecular weight is 238 g/mol. The lowest BCUT2D eigenvalue weighted by Gasteiger charge is -2.07. The lowest BCUT2D eigenvalue weighted by Crippen LogP contribution is -1.91. The zero-order valence-corrected chi connectivity index (χ0v) is 10.4. The van der Waals surface area contributed by atoms with Crippen LogP contribution in [0, 0.1) is 0 Å². The zero-order chi connectivity index (χ0) is 12.5. The maximum absolute atomic E-state index is 5.35. The van der Waals surface area contributed by atoms with Gasteiger partial charge >= 0.3 is 0 Å². The van der Waals surface area contributed by atoms with E-state index in [1.54, 1.807) is 13.3 Å². The molecule has 0 saturated heterocycles. The van der Waals surface area contributed by atoms with E-state index in [0.29, 0.717) is 0 Å². The highest BCUT2D eigenvalue weighted by molar-refractivity contribution is 5.85. The molecule has 3 nitrogen and oxygen atoms in total. The predicted octanol–water partition coefficient (Wildman–Crippen LogP) is 3.25. The summed E-state index contributed by atoms with van der Waals surface area (Å²) < 4.78 is 7.46. The number of pyridine rings is 1. The molecule has 90 valence electrons. The molecule has 2 aromatic heterocycles. The number of hydrogen-bond acceptors (Lipinski definition) is 2. The fourth-order valence-electron chi connectivity index (χ4n) is 2.18. The molecule has 0 aliphatic carbocycles. The number of nitrogens with zero attached hydrogens (tertiary/aromatic N) is 2. The number of aromatic nitrogens is 2. The Labute approximate surface area is 106 Å². The number of rotatable bonds is 2. The predicted molar refractivity (Wildman–Crippen MR) is 72.7 cm³/mol. The van der Waals surface area contributed by atoms with Crippen LogP contribution in [0.2, 0.25) is 0 Å². The lowest BCUT2D eigenvalue weighted by molar-refractivity contribution is 0.415. The Morgan fingerprint density at radius 1 is 1.17 bits per heavy atom. The van der Waals surface area contributed by atoms with Crippen LogP contribution in [0.1, 0.15) is 0 Å². The van der Waals surface area contributed by atoms with Crippen LogP contribution in [0.15, 0.2) is 48.8 Å². The second kappa shape index (κ2) is 4.18. The van der Waals surface area contributed by atoms with Gasteiger partial charge in [0.1, 0.15) is 11.4 Å². The van der Waals surface area contributed by atoms with E-state index in [2.05, 4.69) is 40.0 Å². The van der Waals surface area contributed by atoms with Gasteiger partial charge in [-0.05, 0) is 29.7 Å². The van der Waals surface area contributed by atoms with Crippen LogP contribution >= 0.6 is 0 Å². The molecule has 3 heteroatoms. The first kappa shape index (κ1) is 10.8. The van der Waals surface area contributed by atoms with Crippen molar-refractivity contribution in [1.29, 1.82) is 0 Å². The minimum Gasteiger partial charge on any atom is -0.494 e. The number of fused-ring (bicyclic) bond motifs is 1. The molecule has 1 aromatic carbocycles. The average Bonchev–Trinajstić information content (AvgIpc) is 2.80. The fourth-order valence-corrected chi connectivity index (χ4v) is 2.18. The molecule has 0 atom stereocenters. The molecular formula is C15H14N2O. The van der Waals surface area contributed by atoms with Gasteiger partial charge in [0.15, 0.2) is 0 Å². The number of benzene rings is 1. The molecule has 0 aliphatic rings. The highest BCUT2D eigenvalue weighted by atomic mass is 16.5. The molecule has 0 amide bonds. The summed E-state index contributed by atoms with van der Waals surface area (Å²) in [6, 6.07) is 12.2. The SMILES string of the molecule is COc1cccnc1-c1ccc2ccn(C)c2c1. The summed E-state index contributed by atoms with van der Waals surface area (Å²) in [4.78, 5) is 4.41. The Morgan fingerprint density at radius 2 is 2.06 bits per heavy atom. The normalized spacial score (nSPS) is 10.8. The van der Waals surface area contributed by atoms with Gasteiger partial charge in [-0.25, -0.2) is 0 Å². The minimum atomic E-state index is 0.797. The number of hydrogen-bond donors (Lipinski definition) is 0. The standard InChI is InChI=1S/C15H14N2O/c1-17-9-7-11-5-6-12(10-13(11)17)15-14(18-2)4-3-8-16-15/h3-10H,1-2H3. The third-order valence-corrected chi connectivity index (χ3v) is 3.15. The van der Waals surface area contributed by atoms with E-state index in [4.69, 9.17) is 4.74 Å². The van der Waals surface area contributed by atoms with Gasteiger partial charge in [-0.2, -0.15) is 0 Å².